The summed E-state index contributed by atoms with van der Waals surface area (Å²) < 4.78 is 5.26. The molecular weight excluding hydrogens is 258 g/mol. The Kier molecular flexibility index (Phi) is 4.95. The predicted molar refractivity (Wildman–Crippen MR) is 74.6 cm³/mol. The lowest BCUT2D eigenvalue weighted by molar-refractivity contribution is -0.122. The number of carbonyl (C=O) groups is 1. The van der Waals surface area contributed by atoms with Crippen molar-refractivity contribution in [3.05, 3.63) is 35.9 Å². The van der Waals surface area contributed by atoms with Gasteiger partial charge in [0.2, 0.25) is 5.91 Å². The number of benzene rings is 1. The smallest absolute Gasteiger partial charge is 0.235 e. The lowest BCUT2D eigenvalue weighted by Gasteiger charge is -2.25. The molecule has 1 atom stereocenters. The highest BCUT2D eigenvalue weighted by Crippen LogP contribution is 2.17. The van der Waals surface area contributed by atoms with Crippen LogP contribution in [0.3, 0.4) is 0 Å². The number of amides is 1. The molecule has 0 spiro atoms. The number of nitrogens with one attached hydrogen (secondary N) is 1. The van der Waals surface area contributed by atoms with Crippen LogP contribution in [0.2, 0.25) is 0 Å². The van der Waals surface area contributed by atoms with Crippen molar-refractivity contribution in [1.82, 2.24) is 5.32 Å². The summed E-state index contributed by atoms with van der Waals surface area (Å²) >= 11 is 0. The van der Waals surface area contributed by atoms with Crippen LogP contribution in [0.15, 0.2) is 35.5 Å². The van der Waals surface area contributed by atoms with Gasteiger partial charge in [0.25, 0.3) is 0 Å². The van der Waals surface area contributed by atoms with Gasteiger partial charge in [-0.25, -0.2) is 0 Å². The summed E-state index contributed by atoms with van der Waals surface area (Å²) in [5, 5.41) is 14.8. The van der Waals surface area contributed by atoms with E-state index in [0.29, 0.717) is 18.8 Å². The minimum absolute atomic E-state index is 0.0777. The van der Waals surface area contributed by atoms with E-state index >= 15 is 0 Å². The number of hydrogen-bond donors (Lipinski definition) is 3. The molecule has 1 aromatic carbocycles. The van der Waals surface area contributed by atoms with Crippen molar-refractivity contribution >= 4 is 11.7 Å². The predicted octanol–water partition coefficient (Wildman–Crippen LogP) is 0.812. The molecule has 108 valence electrons. The van der Waals surface area contributed by atoms with E-state index in [1.54, 1.807) is 12.1 Å². The van der Waals surface area contributed by atoms with Gasteiger partial charge in [0.1, 0.15) is 5.92 Å². The van der Waals surface area contributed by atoms with Crippen LogP contribution in [0, 0.1) is 0 Å². The van der Waals surface area contributed by atoms with E-state index in [4.69, 9.17) is 15.7 Å². The number of amidine groups is 1. The third kappa shape index (κ3) is 3.48. The number of rotatable bonds is 4. The Balaban J connectivity index is 2.12. The SMILES string of the molecule is NC(=NO)C(C(=O)NC1CCOCC1)c1ccccc1. The van der Waals surface area contributed by atoms with Gasteiger partial charge in [-0.1, -0.05) is 35.5 Å². The van der Waals surface area contributed by atoms with E-state index in [1.165, 1.54) is 0 Å². The fourth-order valence-corrected chi connectivity index (χ4v) is 2.29. The third-order valence-electron chi connectivity index (χ3n) is 3.37. The molecule has 2 rings (SSSR count). The average molecular weight is 277 g/mol. The second-order valence-corrected chi connectivity index (χ2v) is 4.76. The minimum Gasteiger partial charge on any atom is -0.409 e. The quantitative estimate of drug-likeness (QED) is 0.328. The topological polar surface area (TPSA) is 96.9 Å². The highest BCUT2D eigenvalue weighted by atomic mass is 16.5. The van der Waals surface area contributed by atoms with E-state index in [1.807, 2.05) is 18.2 Å². The molecule has 1 heterocycles. The fraction of sp³-hybridized carbons (Fsp3) is 0.429. The van der Waals surface area contributed by atoms with Crippen molar-refractivity contribution in [1.29, 1.82) is 0 Å². The summed E-state index contributed by atoms with van der Waals surface area (Å²) in [7, 11) is 0. The molecule has 1 aliphatic heterocycles. The van der Waals surface area contributed by atoms with Gasteiger partial charge in [-0.2, -0.15) is 0 Å². The van der Waals surface area contributed by atoms with Crippen LogP contribution >= 0.6 is 0 Å². The monoisotopic (exact) mass is 277 g/mol. The maximum Gasteiger partial charge on any atom is 0.235 e. The molecule has 20 heavy (non-hydrogen) atoms. The highest BCUT2D eigenvalue weighted by Gasteiger charge is 2.27. The Morgan fingerprint density at radius 1 is 1.35 bits per heavy atom. The Morgan fingerprint density at radius 3 is 2.60 bits per heavy atom. The molecule has 0 bridgehead atoms. The minimum atomic E-state index is -0.774. The second kappa shape index (κ2) is 6.91. The van der Waals surface area contributed by atoms with Crippen molar-refractivity contribution in [2.75, 3.05) is 13.2 Å². The lowest BCUT2D eigenvalue weighted by Crippen LogP contribution is -2.44. The van der Waals surface area contributed by atoms with Crippen molar-refractivity contribution in [2.24, 2.45) is 10.9 Å². The van der Waals surface area contributed by atoms with E-state index in [0.717, 1.165) is 12.8 Å². The van der Waals surface area contributed by atoms with Crippen molar-refractivity contribution in [3.8, 4) is 0 Å². The number of hydrogen-bond acceptors (Lipinski definition) is 4. The summed E-state index contributed by atoms with van der Waals surface area (Å²) in [5.74, 6) is -1.14. The number of oxime groups is 1. The first-order chi connectivity index (χ1) is 9.72. The number of ether oxygens (including phenoxy) is 1. The number of carbonyl (C=O) groups excluding carboxylic acids is 1. The molecule has 1 unspecified atom stereocenters. The van der Waals surface area contributed by atoms with Gasteiger partial charge in [0.05, 0.1) is 0 Å². The first kappa shape index (κ1) is 14.3. The van der Waals surface area contributed by atoms with Gasteiger partial charge in [0, 0.05) is 19.3 Å². The first-order valence-electron chi connectivity index (χ1n) is 6.63. The molecule has 1 saturated heterocycles. The van der Waals surface area contributed by atoms with Crippen LogP contribution in [0.4, 0.5) is 0 Å². The molecule has 1 aliphatic rings. The zero-order valence-corrected chi connectivity index (χ0v) is 11.2. The molecule has 0 aliphatic carbocycles. The van der Waals surface area contributed by atoms with Gasteiger partial charge in [-0.15, -0.1) is 0 Å². The third-order valence-corrected chi connectivity index (χ3v) is 3.37. The van der Waals surface area contributed by atoms with Crippen LogP contribution in [0.25, 0.3) is 0 Å². The maximum absolute atomic E-state index is 12.4. The van der Waals surface area contributed by atoms with Crippen LogP contribution in [-0.4, -0.2) is 36.2 Å². The summed E-state index contributed by atoms with van der Waals surface area (Å²) in [5.41, 5.74) is 6.37. The zero-order chi connectivity index (χ0) is 14.4. The van der Waals surface area contributed by atoms with E-state index < -0.39 is 5.92 Å². The zero-order valence-electron chi connectivity index (χ0n) is 11.2. The van der Waals surface area contributed by atoms with Crippen LogP contribution in [0.5, 0.6) is 0 Å². The summed E-state index contributed by atoms with van der Waals surface area (Å²) in [6.07, 6.45) is 1.56. The molecular formula is C14H19N3O3. The van der Waals surface area contributed by atoms with E-state index in [9.17, 15) is 4.79 Å². The second-order valence-electron chi connectivity index (χ2n) is 4.76. The highest BCUT2D eigenvalue weighted by molar-refractivity contribution is 6.07. The molecule has 6 nitrogen and oxygen atoms in total. The van der Waals surface area contributed by atoms with Crippen LogP contribution in [-0.2, 0) is 9.53 Å². The average Bonchev–Trinajstić information content (AvgIpc) is 2.49. The molecule has 4 N–H and O–H groups in total. The summed E-state index contributed by atoms with van der Waals surface area (Å²) in [4.78, 5) is 12.4. The summed E-state index contributed by atoms with van der Waals surface area (Å²) in [6.45, 7) is 1.29. The van der Waals surface area contributed by atoms with Crippen LogP contribution < -0.4 is 11.1 Å². The Hall–Kier alpha value is -2.08. The molecule has 0 saturated carbocycles. The fourth-order valence-electron chi connectivity index (χ4n) is 2.29. The normalized spacial score (nSPS) is 18.5. The van der Waals surface area contributed by atoms with Crippen molar-refractivity contribution in [3.63, 3.8) is 0 Å². The number of nitrogens with zero attached hydrogens (tertiary/aromatic N) is 1. The molecule has 0 radical (unpaired) electrons. The molecule has 1 aromatic rings. The van der Waals surface area contributed by atoms with Crippen LogP contribution in [0.1, 0.15) is 24.3 Å². The largest absolute Gasteiger partial charge is 0.409 e. The Bertz CT molecular complexity index is 470. The molecule has 6 heteroatoms. The van der Waals surface area contributed by atoms with E-state index in [2.05, 4.69) is 10.5 Å². The number of nitrogens with two attached hydrogens (primary N) is 1. The Morgan fingerprint density at radius 2 is 2.00 bits per heavy atom. The van der Waals surface area contributed by atoms with Gasteiger partial charge in [-0.05, 0) is 18.4 Å². The van der Waals surface area contributed by atoms with Crippen molar-refractivity contribution < 1.29 is 14.7 Å². The molecule has 1 amide bonds. The van der Waals surface area contributed by atoms with Gasteiger partial charge < -0.3 is 21.0 Å². The summed E-state index contributed by atoms with van der Waals surface area (Å²) in [6, 6.07) is 9.12. The van der Waals surface area contributed by atoms with Gasteiger partial charge in [0.15, 0.2) is 5.84 Å². The van der Waals surface area contributed by atoms with E-state index in [-0.39, 0.29) is 17.8 Å². The first-order valence-corrected chi connectivity index (χ1v) is 6.63. The van der Waals surface area contributed by atoms with Crippen molar-refractivity contribution in [2.45, 2.75) is 24.8 Å². The van der Waals surface area contributed by atoms with Gasteiger partial charge in [-0.3, -0.25) is 4.79 Å². The Labute approximate surface area is 117 Å². The molecule has 1 fully saturated rings. The lowest BCUT2D eigenvalue weighted by atomic mass is 9.96. The van der Waals surface area contributed by atoms with Gasteiger partial charge >= 0.3 is 0 Å². The molecule has 0 aromatic heterocycles. The standard InChI is InChI=1S/C14H19N3O3/c15-13(17-19)12(10-4-2-1-3-5-10)14(18)16-11-6-8-20-9-7-11/h1-5,11-12,19H,6-9H2,(H2,15,17)(H,16,18). The maximum atomic E-state index is 12.4.